The van der Waals surface area contributed by atoms with Gasteiger partial charge in [-0.15, -0.1) is 11.3 Å². The standard InChI is InChI=1S/C48H33N3S/c1-28-26-48-27-30-11-8-17-42(51(30)48)38-22-36-33-14-9-15-34-37-23-39-32-13-4-5-18-45(32)52-46(39)25-44(37)50(47(33)34)43(36)24-35(38)40(48)20-19-29-10-2-3-12-31(29)41-16-6-7-21-49(28)41/h2-18,21-25,40H,1,19-20,26-27H2/q+2. The largest absolute Gasteiger partial charge is 0.308 e. The van der Waals surface area contributed by atoms with Crippen LogP contribution in [0.15, 0.2) is 140 Å². The van der Waals surface area contributed by atoms with Gasteiger partial charge < -0.3 is 4.40 Å². The molecule has 0 aliphatic carbocycles. The minimum absolute atomic E-state index is 0.0700. The number of allylic oxidation sites excluding steroid dienone is 1. The summed E-state index contributed by atoms with van der Waals surface area (Å²) in [6.45, 7) is 4.82. The number of hydrogen-bond acceptors (Lipinski definition) is 1. The predicted molar refractivity (Wildman–Crippen MR) is 214 cm³/mol. The number of fused-ring (bicyclic) bond motifs is 15. The minimum Gasteiger partial charge on any atom is -0.308 e. The van der Waals surface area contributed by atoms with Crippen molar-refractivity contribution in [3.8, 4) is 22.5 Å². The molecule has 0 saturated heterocycles. The van der Waals surface area contributed by atoms with Gasteiger partial charge in [0.15, 0.2) is 23.1 Å². The maximum Gasteiger partial charge on any atom is 0.218 e. The van der Waals surface area contributed by atoms with Crippen LogP contribution in [-0.2, 0) is 18.4 Å². The summed E-state index contributed by atoms with van der Waals surface area (Å²) >= 11 is 1.91. The molecule has 10 aromatic rings. The molecule has 5 aromatic carbocycles. The highest BCUT2D eigenvalue weighted by atomic mass is 32.1. The second-order valence-electron chi connectivity index (χ2n) is 15.4. The monoisotopic (exact) mass is 683 g/mol. The number of nitrogens with zero attached hydrogens (tertiary/aromatic N) is 3. The quantitative estimate of drug-likeness (QED) is 0.141. The van der Waals surface area contributed by atoms with Gasteiger partial charge in [-0.05, 0) is 79.1 Å². The Morgan fingerprint density at radius 2 is 1.40 bits per heavy atom. The summed E-state index contributed by atoms with van der Waals surface area (Å²) in [6.07, 6.45) is 6.30. The van der Waals surface area contributed by atoms with Crippen molar-refractivity contribution in [2.24, 2.45) is 0 Å². The molecule has 1 spiro atoms. The topological polar surface area (TPSA) is 12.2 Å². The summed E-state index contributed by atoms with van der Waals surface area (Å²) in [7, 11) is 0. The Labute approximate surface area is 304 Å². The van der Waals surface area contributed by atoms with Crippen molar-refractivity contribution >= 4 is 75.3 Å². The molecule has 5 aromatic heterocycles. The van der Waals surface area contributed by atoms with E-state index in [0.717, 1.165) is 31.4 Å². The average molecular weight is 684 g/mol. The predicted octanol–water partition coefficient (Wildman–Crippen LogP) is 11.0. The molecule has 0 fully saturated rings. The highest BCUT2D eigenvalue weighted by Gasteiger charge is 2.63. The third-order valence-corrected chi connectivity index (χ3v) is 14.1. The average Bonchev–Trinajstić information content (AvgIpc) is 3.82. The van der Waals surface area contributed by atoms with Crippen LogP contribution in [-0.4, -0.2) is 4.40 Å². The van der Waals surface area contributed by atoms with E-state index in [1.807, 2.05) is 11.3 Å². The van der Waals surface area contributed by atoms with Crippen molar-refractivity contribution < 1.29 is 9.13 Å². The van der Waals surface area contributed by atoms with Gasteiger partial charge in [0.2, 0.25) is 11.4 Å². The van der Waals surface area contributed by atoms with Crippen LogP contribution in [0, 0.1) is 0 Å². The lowest BCUT2D eigenvalue weighted by atomic mass is 9.62. The van der Waals surface area contributed by atoms with Crippen molar-refractivity contribution in [3.63, 3.8) is 0 Å². The number of rotatable bonds is 0. The van der Waals surface area contributed by atoms with Crippen molar-refractivity contribution in [3.05, 3.63) is 157 Å². The molecular weight excluding hydrogens is 651 g/mol. The third-order valence-electron chi connectivity index (χ3n) is 13.0. The molecule has 8 heterocycles. The van der Waals surface area contributed by atoms with Crippen molar-refractivity contribution in [1.82, 2.24) is 4.40 Å². The molecule has 4 heteroatoms. The Balaban J connectivity index is 1.11. The maximum atomic E-state index is 4.82. The fourth-order valence-corrected chi connectivity index (χ4v) is 12.0. The zero-order valence-electron chi connectivity index (χ0n) is 28.6. The van der Waals surface area contributed by atoms with Crippen molar-refractivity contribution in [2.75, 3.05) is 0 Å². The van der Waals surface area contributed by atoms with Crippen LogP contribution >= 0.6 is 11.3 Å². The van der Waals surface area contributed by atoms with Crippen LogP contribution in [0.25, 0.3) is 86.5 Å². The second kappa shape index (κ2) is 9.52. The molecule has 0 saturated carbocycles. The van der Waals surface area contributed by atoms with Crippen LogP contribution in [0.2, 0.25) is 0 Å². The summed E-state index contributed by atoms with van der Waals surface area (Å²) in [5.74, 6) is 0.339. The van der Waals surface area contributed by atoms with Gasteiger partial charge >= 0.3 is 0 Å². The first-order valence-corrected chi connectivity index (χ1v) is 19.4. The van der Waals surface area contributed by atoms with Gasteiger partial charge in [-0.25, -0.2) is 0 Å². The van der Waals surface area contributed by atoms with E-state index in [4.69, 9.17) is 6.58 Å². The zero-order chi connectivity index (χ0) is 33.9. The summed E-state index contributed by atoms with van der Waals surface area (Å²) in [6, 6.07) is 48.5. The fraction of sp³-hybridized carbons (Fsp3) is 0.125. The number of hydrogen-bond donors (Lipinski definition) is 0. The lowest BCUT2D eigenvalue weighted by molar-refractivity contribution is -0.809. The molecule has 52 heavy (non-hydrogen) atoms. The van der Waals surface area contributed by atoms with E-state index in [-0.39, 0.29) is 5.54 Å². The number of thiophene rings is 1. The Morgan fingerprint density at radius 1 is 0.635 bits per heavy atom. The minimum atomic E-state index is -0.0700. The van der Waals surface area contributed by atoms with E-state index in [0.29, 0.717) is 5.92 Å². The van der Waals surface area contributed by atoms with Crippen LogP contribution < -0.4 is 9.13 Å². The second-order valence-corrected chi connectivity index (χ2v) is 16.5. The molecule has 2 atom stereocenters. The molecule has 0 bridgehead atoms. The number of aryl methyl sites for hydroxylation is 1. The Bertz CT molecular complexity index is 3230. The van der Waals surface area contributed by atoms with Crippen LogP contribution in [0.4, 0.5) is 0 Å². The van der Waals surface area contributed by atoms with Crippen LogP contribution in [0.5, 0.6) is 0 Å². The summed E-state index contributed by atoms with van der Waals surface area (Å²) in [5.41, 5.74) is 14.7. The molecule has 0 N–H and O–H groups in total. The van der Waals surface area contributed by atoms with Gasteiger partial charge in [0.1, 0.15) is 0 Å². The smallest absolute Gasteiger partial charge is 0.218 e. The van der Waals surface area contributed by atoms with E-state index < -0.39 is 0 Å². The van der Waals surface area contributed by atoms with E-state index in [1.54, 1.807) is 0 Å². The first-order valence-electron chi connectivity index (χ1n) is 18.6. The number of para-hydroxylation sites is 1. The fourth-order valence-electron chi connectivity index (χ4n) is 10.9. The summed E-state index contributed by atoms with van der Waals surface area (Å²) in [4.78, 5) is 0. The highest BCUT2D eigenvalue weighted by molar-refractivity contribution is 7.25. The van der Waals surface area contributed by atoms with E-state index in [2.05, 4.69) is 147 Å². The van der Waals surface area contributed by atoms with E-state index in [1.165, 1.54) is 97.6 Å². The van der Waals surface area contributed by atoms with Gasteiger partial charge in [-0.3, -0.25) is 0 Å². The molecule has 0 radical (unpaired) electrons. The molecular formula is C48H33N3S+2. The van der Waals surface area contributed by atoms with E-state index >= 15 is 0 Å². The Kier molecular flexibility index (Phi) is 5.10. The highest BCUT2D eigenvalue weighted by Crippen LogP contribution is 2.54. The first kappa shape index (κ1) is 27.8. The molecule has 13 rings (SSSR count). The lowest BCUT2D eigenvalue weighted by Crippen LogP contribution is -2.74. The summed E-state index contributed by atoms with van der Waals surface area (Å²) in [5, 5.41) is 8.10. The molecule has 3 aliphatic rings. The third kappa shape index (κ3) is 3.29. The molecule has 2 unspecified atom stereocenters. The van der Waals surface area contributed by atoms with Gasteiger partial charge in [0.05, 0.1) is 40.9 Å². The van der Waals surface area contributed by atoms with Gasteiger partial charge in [-0.2, -0.15) is 9.13 Å². The van der Waals surface area contributed by atoms with Crippen molar-refractivity contribution in [1.29, 1.82) is 0 Å². The molecule has 244 valence electrons. The molecule has 3 aliphatic heterocycles. The number of aromatic nitrogens is 3. The number of pyridine rings is 2. The SMILES string of the molecule is C=C1CC23Cc4cccc([n+]42)-c2cc4c5cccc6c7cc8c(cc7n(c4cc2C3CCc2ccccc2-c2cccc[n+]21)c56)sc1ccccc18. The summed E-state index contributed by atoms with van der Waals surface area (Å²) < 4.78 is 10.4. The Morgan fingerprint density at radius 3 is 2.35 bits per heavy atom. The molecule has 0 amide bonds. The first-order chi connectivity index (χ1) is 25.7. The maximum absolute atomic E-state index is 4.82. The Hall–Kier alpha value is -5.84. The number of benzene rings is 5. The zero-order valence-corrected chi connectivity index (χ0v) is 29.4. The normalized spacial score (nSPS) is 19.2. The molecule has 3 nitrogen and oxygen atoms in total. The van der Waals surface area contributed by atoms with Gasteiger partial charge in [0.25, 0.3) is 0 Å². The van der Waals surface area contributed by atoms with Gasteiger partial charge in [-0.1, -0.05) is 54.6 Å². The van der Waals surface area contributed by atoms with Gasteiger partial charge in [0, 0.05) is 71.5 Å². The van der Waals surface area contributed by atoms with E-state index in [9.17, 15) is 0 Å². The van der Waals surface area contributed by atoms with Crippen molar-refractivity contribution in [2.45, 2.75) is 37.1 Å². The lowest BCUT2D eigenvalue weighted by Gasteiger charge is -2.46. The van der Waals surface area contributed by atoms with Crippen LogP contribution in [0.1, 0.15) is 35.6 Å². The van der Waals surface area contributed by atoms with Crippen LogP contribution in [0.3, 0.4) is 0 Å².